The van der Waals surface area contributed by atoms with Gasteiger partial charge < -0.3 is 5.11 Å². The molecule has 2 nitrogen and oxygen atoms in total. The van der Waals surface area contributed by atoms with E-state index in [2.05, 4.69) is 6.92 Å². The highest BCUT2D eigenvalue weighted by atomic mass is 19.3. The van der Waals surface area contributed by atoms with Crippen molar-refractivity contribution in [2.45, 2.75) is 70.8 Å². The molecule has 6 atom stereocenters. The lowest BCUT2D eigenvalue weighted by Crippen LogP contribution is -2.55. The van der Waals surface area contributed by atoms with Crippen LogP contribution in [0.3, 0.4) is 0 Å². The largest absolute Gasteiger partial charge is 0.393 e. The van der Waals surface area contributed by atoms with E-state index in [1.165, 1.54) is 0 Å². The highest BCUT2D eigenvalue weighted by Crippen LogP contribution is 2.66. The van der Waals surface area contributed by atoms with E-state index in [1.54, 1.807) is 6.08 Å². The summed E-state index contributed by atoms with van der Waals surface area (Å²) in [6.45, 7) is 4.15. The van der Waals surface area contributed by atoms with Crippen molar-refractivity contribution in [2.24, 2.45) is 28.6 Å². The minimum atomic E-state index is -3.27. The van der Waals surface area contributed by atoms with Crippen LogP contribution in [-0.2, 0) is 4.79 Å². The summed E-state index contributed by atoms with van der Waals surface area (Å²) in [4.78, 5) is 11.7. The predicted molar refractivity (Wildman–Crippen MR) is 83.0 cm³/mol. The molecule has 4 aliphatic rings. The monoisotopic (exact) mass is 324 g/mol. The van der Waals surface area contributed by atoms with Crippen LogP contribution in [0, 0.1) is 28.6 Å². The number of aliphatic hydroxyl groups is 1. The number of hydrogen-bond acceptors (Lipinski definition) is 2. The Labute approximate surface area is 136 Å². The highest BCUT2D eigenvalue weighted by molar-refractivity contribution is 5.90. The van der Waals surface area contributed by atoms with E-state index < -0.39 is 17.1 Å². The maximum Gasteiger partial charge on any atom is 0.327 e. The number of hydrogen-bond donors (Lipinski definition) is 1. The molecule has 0 saturated heterocycles. The minimum absolute atomic E-state index is 0.00534. The Hall–Kier alpha value is -0.770. The molecule has 3 fully saturated rings. The number of aliphatic hydroxyl groups excluding tert-OH is 1. The fourth-order valence-corrected chi connectivity index (χ4v) is 6.55. The minimum Gasteiger partial charge on any atom is -0.393 e. The maximum atomic E-state index is 14.5. The van der Waals surface area contributed by atoms with Gasteiger partial charge in [0.05, 0.1) is 6.10 Å². The molecule has 0 aromatic carbocycles. The van der Waals surface area contributed by atoms with Crippen LogP contribution in [0.5, 0.6) is 0 Å². The molecule has 4 aliphatic carbocycles. The smallest absolute Gasteiger partial charge is 0.327 e. The number of Topliss-reactive ketones (excluding diaryl/α,β-unsaturated/α-hetero) is 1. The SMILES string of the molecule is CC12CCC(=O)C(F)(F)C1=CCC1C2CCC2(C)C(O)CCC12. The molecule has 1 N–H and O–H groups in total. The summed E-state index contributed by atoms with van der Waals surface area (Å²) >= 11 is 0. The number of carbonyl (C=O) groups excluding carboxylic acids is 1. The Balaban J connectivity index is 1.74. The van der Waals surface area contributed by atoms with Crippen LogP contribution in [0.25, 0.3) is 0 Å². The molecule has 4 heteroatoms. The van der Waals surface area contributed by atoms with Gasteiger partial charge in [-0.25, -0.2) is 0 Å². The maximum absolute atomic E-state index is 14.5. The van der Waals surface area contributed by atoms with Gasteiger partial charge in [0.1, 0.15) is 0 Å². The number of alkyl halides is 2. The Bertz CT molecular complexity index is 584. The molecule has 0 amide bonds. The second-order valence-electron chi connectivity index (χ2n) is 8.78. The van der Waals surface area contributed by atoms with Crippen molar-refractivity contribution < 1.29 is 18.7 Å². The fourth-order valence-electron chi connectivity index (χ4n) is 6.55. The van der Waals surface area contributed by atoms with Crippen LogP contribution >= 0.6 is 0 Å². The molecule has 3 saturated carbocycles. The zero-order chi connectivity index (χ0) is 16.6. The second-order valence-corrected chi connectivity index (χ2v) is 8.78. The van der Waals surface area contributed by atoms with E-state index in [4.69, 9.17) is 0 Å². The van der Waals surface area contributed by atoms with Crippen molar-refractivity contribution in [1.29, 1.82) is 0 Å². The van der Waals surface area contributed by atoms with Gasteiger partial charge >= 0.3 is 5.92 Å². The number of carbonyl (C=O) groups is 1. The summed E-state index contributed by atoms with van der Waals surface area (Å²) in [6.07, 6.45) is 6.30. The first kappa shape index (κ1) is 15.7. The Kier molecular flexibility index (Phi) is 3.18. The molecule has 4 rings (SSSR count). The van der Waals surface area contributed by atoms with Crippen molar-refractivity contribution in [2.75, 3.05) is 0 Å². The second kappa shape index (κ2) is 4.65. The molecule has 0 aromatic heterocycles. The van der Waals surface area contributed by atoms with Gasteiger partial charge in [-0.2, -0.15) is 8.78 Å². The summed E-state index contributed by atoms with van der Waals surface area (Å²) in [5.41, 5.74) is -0.491. The van der Waals surface area contributed by atoms with Gasteiger partial charge in [-0.15, -0.1) is 0 Å². The quantitative estimate of drug-likeness (QED) is 0.681. The summed E-state index contributed by atoms with van der Waals surface area (Å²) in [6, 6.07) is 0. The normalized spacial score (nSPS) is 51.5. The summed E-state index contributed by atoms with van der Waals surface area (Å²) < 4.78 is 29.0. The van der Waals surface area contributed by atoms with E-state index in [1.807, 2.05) is 6.92 Å². The molecule has 0 radical (unpaired) electrons. The summed E-state index contributed by atoms with van der Waals surface area (Å²) in [5, 5.41) is 10.4. The predicted octanol–water partition coefficient (Wildman–Crippen LogP) is 4.12. The molecule has 6 unspecified atom stereocenters. The van der Waals surface area contributed by atoms with E-state index in [9.17, 15) is 18.7 Å². The zero-order valence-corrected chi connectivity index (χ0v) is 13.9. The van der Waals surface area contributed by atoms with Gasteiger partial charge in [0.25, 0.3) is 0 Å². The number of ketones is 1. The number of halogens is 2. The molecule has 0 heterocycles. The summed E-state index contributed by atoms with van der Waals surface area (Å²) in [7, 11) is 0. The third kappa shape index (κ3) is 1.85. The van der Waals surface area contributed by atoms with Crippen molar-refractivity contribution in [3.05, 3.63) is 11.6 Å². The van der Waals surface area contributed by atoms with Crippen LogP contribution in [0.2, 0.25) is 0 Å². The number of fused-ring (bicyclic) bond motifs is 5. The van der Waals surface area contributed by atoms with Crippen molar-refractivity contribution in [1.82, 2.24) is 0 Å². The Morgan fingerprint density at radius 1 is 1.13 bits per heavy atom. The van der Waals surface area contributed by atoms with Gasteiger partial charge in [0, 0.05) is 12.0 Å². The molecule has 0 aliphatic heterocycles. The van der Waals surface area contributed by atoms with Crippen LogP contribution in [0.15, 0.2) is 11.6 Å². The van der Waals surface area contributed by atoms with E-state index in [-0.39, 0.29) is 29.4 Å². The number of allylic oxidation sites excluding steroid dienone is 2. The summed E-state index contributed by atoms with van der Waals surface area (Å²) in [5.74, 6) is -3.14. The Morgan fingerprint density at radius 2 is 1.87 bits per heavy atom. The standard InChI is InChI=1S/C19H26F2O2/c1-17-10-8-16(23)19(20,21)14(17)5-3-11-12-4-6-15(22)18(12,2)9-7-13(11)17/h5,11-13,15,22H,3-4,6-10H2,1-2H3. The third-order valence-electron chi connectivity index (χ3n) is 7.97. The fraction of sp³-hybridized carbons (Fsp3) is 0.842. The van der Waals surface area contributed by atoms with Crippen LogP contribution in [-0.4, -0.2) is 22.9 Å². The Morgan fingerprint density at radius 3 is 2.61 bits per heavy atom. The molecule has 23 heavy (non-hydrogen) atoms. The van der Waals surface area contributed by atoms with Crippen LogP contribution in [0.1, 0.15) is 58.8 Å². The molecular weight excluding hydrogens is 298 g/mol. The molecule has 0 bridgehead atoms. The molecule has 0 aromatic rings. The van der Waals surface area contributed by atoms with Crippen LogP contribution in [0.4, 0.5) is 8.78 Å². The lowest BCUT2D eigenvalue weighted by atomic mass is 9.47. The number of rotatable bonds is 0. The van der Waals surface area contributed by atoms with Gasteiger partial charge in [-0.3, -0.25) is 4.79 Å². The van der Waals surface area contributed by atoms with E-state index in [0.717, 1.165) is 25.7 Å². The van der Waals surface area contributed by atoms with Crippen LogP contribution < -0.4 is 0 Å². The lowest BCUT2D eigenvalue weighted by Gasteiger charge is -2.57. The topological polar surface area (TPSA) is 37.3 Å². The first-order chi connectivity index (χ1) is 10.7. The molecular formula is C19H26F2O2. The third-order valence-corrected chi connectivity index (χ3v) is 7.97. The van der Waals surface area contributed by atoms with Gasteiger partial charge in [-0.1, -0.05) is 19.9 Å². The van der Waals surface area contributed by atoms with E-state index >= 15 is 0 Å². The zero-order valence-electron chi connectivity index (χ0n) is 13.9. The highest BCUT2D eigenvalue weighted by Gasteiger charge is 2.63. The lowest BCUT2D eigenvalue weighted by molar-refractivity contribution is -0.149. The molecule has 0 spiro atoms. The average Bonchev–Trinajstić information content (AvgIpc) is 2.79. The van der Waals surface area contributed by atoms with Gasteiger partial charge in [0.15, 0.2) is 0 Å². The molecule has 128 valence electrons. The van der Waals surface area contributed by atoms with Crippen molar-refractivity contribution in [3.63, 3.8) is 0 Å². The first-order valence-corrected chi connectivity index (χ1v) is 9.01. The first-order valence-electron chi connectivity index (χ1n) is 9.01. The van der Waals surface area contributed by atoms with Gasteiger partial charge in [-0.05, 0) is 67.1 Å². The van der Waals surface area contributed by atoms with Crippen molar-refractivity contribution in [3.8, 4) is 0 Å². The van der Waals surface area contributed by atoms with E-state index in [0.29, 0.717) is 24.7 Å². The van der Waals surface area contributed by atoms with Crippen molar-refractivity contribution >= 4 is 5.78 Å². The van der Waals surface area contributed by atoms with Gasteiger partial charge in [0.2, 0.25) is 5.78 Å². The average molecular weight is 324 g/mol.